The molecule has 0 amide bonds. The number of aliphatic hydroxyl groups excluding tert-OH is 1. The van der Waals surface area contributed by atoms with Crippen LogP contribution in [0.25, 0.3) is 0 Å². The Labute approximate surface area is 96.7 Å². The highest BCUT2D eigenvalue weighted by Crippen LogP contribution is 2.32. The molecule has 0 fully saturated rings. The second-order valence-corrected chi connectivity index (χ2v) is 4.57. The molecule has 0 spiro atoms. The second kappa shape index (κ2) is 5.01. The van der Waals surface area contributed by atoms with Gasteiger partial charge in [0.15, 0.2) is 0 Å². The van der Waals surface area contributed by atoms with Crippen LogP contribution in [0.2, 0.25) is 5.02 Å². The van der Waals surface area contributed by atoms with Gasteiger partial charge in [0.25, 0.3) is 0 Å². The van der Waals surface area contributed by atoms with E-state index in [1.807, 2.05) is 0 Å². The summed E-state index contributed by atoms with van der Waals surface area (Å²) in [5.74, 6) is 0.204. The zero-order chi connectivity index (χ0) is 10.7. The molecule has 0 aliphatic carbocycles. The van der Waals surface area contributed by atoms with E-state index in [1.165, 1.54) is 0 Å². The van der Waals surface area contributed by atoms with E-state index < -0.39 is 0 Å². The molecule has 0 radical (unpaired) electrons. The number of aryl methyl sites for hydroxylation is 1. The Morgan fingerprint density at radius 2 is 2.14 bits per heavy atom. The molecule has 78 valence electrons. The molecule has 2 nitrogen and oxygen atoms in total. The van der Waals surface area contributed by atoms with Gasteiger partial charge in [0, 0.05) is 5.02 Å². The molecule has 0 aliphatic rings. The topological polar surface area (TPSA) is 40.5 Å². The molecule has 4 heteroatoms. The van der Waals surface area contributed by atoms with Crippen LogP contribution in [-0.4, -0.2) is 16.3 Å². The van der Waals surface area contributed by atoms with Gasteiger partial charge in [0.2, 0.25) is 0 Å². The molecule has 0 unspecified atom stereocenters. The fourth-order valence-electron chi connectivity index (χ4n) is 1.17. The first-order chi connectivity index (χ1) is 6.50. The predicted molar refractivity (Wildman–Crippen MR) is 60.8 cm³/mol. The molecule has 1 aromatic rings. The van der Waals surface area contributed by atoms with Crippen molar-refractivity contribution in [1.82, 2.24) is 0 Å². The first-order valence-electron chi connectivity index (χ1n) is 4.35. The minimum Gasteiger partial charge on any atom is -0.506 e. The summed E-state index contributed by atoms with van der Waals surface area (Å²) in [6.45, 7) is 1.72. The first kappa shape index (κ1) is 11.8. The normalized spacial score (nSPS) is 12.9. The molecule has 0 bridgehead atoms. The molecule has 0 saturated heterocycles. The summed E-state index contributed by atoms with van der Waals surface area (Å²) in [4.78, 5) is 0. The third-order valence-corrected chi connectivity index (χ3v) is 2.76. The Balaban J connectivity index is 2.85. The number of phenolic OH excluding ortho intramolecular Hbond substituents is 1. The number of hydrogen-bond donors (Lipinski definition) is 2. The summed E-state index contributed by atoms with van der Waals surface area (Å²) >= 11 is 9.04. The summed E-state index contributed by atoms with van der Waals surface area (Å²) in [5, 5.41) is 19.3. The standard InChI is InChI=1S/C10H12BrClO2/c1-6(13)2-3-7-4-8(12)5-9(11)10(7)14/h4-6,13-14H,2-3H2,1H3/t6-/m1/s1. The minimum atomic E-state index is -0.368. The van der Waals surface area contributed by atoms with Crippen molar-refractivity contribution < 1.29 is 10.2 Å². The van der Waals surface area contributed by atoms with Gasteiger partial charge in [-0.3, -0.25) is 0 Å². The van der Waals surface area contributed by atoms with Crippen molar-refractivity contribution in [1.29, 1.82) is 0 Å². The zero-order valence-electron chi connectivity index (χ0n) is 7.80. The highest BCUT2D eigenvalue weighted by atomic mass is 79.9. The lowest BCUT2D eigenvalue weighted by atomic mass is 10.1. The lowest BCUT2D eigenvalue weighted by molar-refractivity contribution is 0.184. The molecule has 14 heavy (non-hydrogen) atoms. The average Bonchev–Trinajstić information content (AvgIpc) is 2.08. The average molecular weight is 280 g/mol. The van der Waals surface area contributed by atoms with E-state index >= 15 is 0 Å². The van der Waals surface area contributed by atoms with Crippen LogP contribution in [0.15, 0.2) is 16.6 Å². The van der Waals surface area contributed by atoms with Crippen LogP contribution in [0.4, 0.5) is 0 Å². The van der Waals surface area contributed by atoms with Gasteiger partial charge >= 0.3 is 0 Å². The zero-order valence-corrected chi connectivity index (χ0v) is 10.1. The Morgan fingerprint density at radius 3 is 2.71 bits per heavy atom. The minimum absolute atomic E-state index is 0.204. The number of rotatable bonds is 3. The number of hydrogen-bond acceptors (Lipinski definition) is 2. The van der Waals surface area contributed by atoms with Crippen LogP contribution in [0, 0.1) is 0 Å². The fraction of sp³-hybridized carbons (Fsp3) is 0.400. The van der Waals surface area contributed by atoms with E-state index in [2.05, 4.69) is 15.9 Å². The maximum atomic E-state index is 9.65. The van der Waals surface area contributed by atoms with Crippen molar-refractivity contribution in [3.63, 3.8) is 0 Å². The predicted octanol–water partition coefficient (Wildman–Crippen LogP) is 3.12. The summed E-state index contributed by atoms with van der Waals surface area (Å²) < 4.78 is 0.589. The van der Waals surface area contributed by atoms with Crippen LogP contribution in [0.3, 0.4) is 0 Å². The number of halogens is 2. The van der Waals surface area contributed by atoms with Crippen molar-refractivity contribution >= 4 is 27.5 Å². The van der Waals surface area contributed by atoms with Crippen molar-refractivity contribution in [3.05, 3.63) is 27.2 Å². The molecule has 1 aromatic carbocycles. The molecule has 1 rings (SSSR count). The molecule has 0 aliphatic heterocycles. The van der Waals surface area contributed by atoms with Crippen molar-refractivity contribution in [2.24, 2.45) is 0 Å². The lowest BCUT2D eigenvalue weighted by Gasteiger charge is -2.08. The van der Waals surface area contributed by atoms with Crippen LogP contribution in [0.5, 0.6) is 5.75 Å². The number of phenols is 1. The van der Waals surface area contributed by atoms with E-state index in [4.69, 9.17) is 16.7 Å². The van der Waals surface area contributed by atoms with Crippen LogP contribution >= 0.6 is 27.5 Å². The van der Waals surface area contributed by atoms with E-state index in [1.54, 1.807) is 19.1 Å². The van der Waals surface area contributed by atoms with Gasteiger partial charge in [-0.05, 0) is 53.4 Å². The van der Waals surface area contributed by atoms with E-state index in [9.17, 15) is 5.11 Å². The molecule has 0 saturated carbocycles. The largest absolute Gasteiger partial charge is 0.506 e. The fourth-order valence-corrected chi connectivity index (χ4v) is 2.05. The number of aliphatic hydroxyl groups is 1. The molecule has 0 heterocycles. The van der Waals surface area contributed by atoms with Gasteiger partial charge in [0.05, 0.1) is 10.6 Å². The lowest BCUT2D eigenvalue weighted by Crippen LogP contribution is -2.01. The summed E-state index contributed by atoms with van der Waals surface area (Å²) in [7, 11) is 0. The van der Waals surface area contributed by atoms with Gasteiger partial charge in [-0.25, -0.2) is 0 Å². The molecule has 2 N–H and O–H groups in total. The van der Waals surface area contributed by atoms with Gasteiger partial charge < -0.3 is 10.2 Å². The maximum absolute atomic E-state index is 9.65. The van der Waals surface area contributed by atoms with Gasteiger partial charge in [-0.15, -0.1) is 0 Å². The molecular weight excluding hydrogens is 267 g/mol. The highest BCUT2D eigenvalue weighted by Gasteiger charge is 2.08. The van der Waals surface area contributed by atoms with Crippen molar-refractivity contribution in [2.45, 2.75) is 25.9 Å². The van der Waals surface area contributed by atoms with E-state index in [-0.39, 0.29) is 11.9 Å². The Morgan fingerprint density at radius 1 is 1.50 bits per heavy atom. The van der Waals surface area contributed by atoms with Crippen LogP contribution in [0.1, 0.15) is 18.9 Å². The summed E-state index contributed by atoms with van der Waals surface area (Å²) in [6.07, 6.45) is 0.857. The highest BCUT2D eigenvalue weighted by molar-refractivity contribution is 9.10. The monoisotopic (exact) mass is 278 g/mol. The van der Waals surface area contributed by atoms with Crippen molar-refractivity contribution in [2.75, 3.05) is 0 Å². The smallest absolute Gasteiger partial charge is 0.133 e. The van der Waals surface area contributed by atoms with Gasteiger partial charge in [-0.1, -0.05) is 11.6 Å². The quantitative estimate of drug-likeness (QED) is 0.892. The third kappa shape index (κ3) is 3.15. The van der Waals surface area contributed by atoms with E-state index in [0.29, 0.717) is 22.3 Å². The van der Waals surface area contributed by atoms with Gasteiger partial charge in [-0.2, -0.15) is 0 Å². The van der Waals surface area contributed by atoms with Gasteiger partial charge in [0.1, 0.15) is 5.75 Å². The van der Waals surface area contributed by atoms with E-state index in [0.717, 1.165) is 5.56 Å². The number of aromatic hydroxyl groups is 1. The number of benzene rings is 1. The second-order valence-electron chi connectivity index (χ2n) is 3.28. The molecular formula is C10H12BrClO2. The molecule has 1 atom stereocenters. The summed E-state index contributed by atoms with van der Waals surface area (Å²) in [5.41, 5.74) is 0.755. The third-order valence-electron chi connectivity index (χ3n) is 1.94. The first-order valence-corrected chi connectivity index (χ1v) is 5.52. The Hall–Kier alpha value is -0.250. The Kier molecular flexibility index (Phi) is 4.23. The summed E-state index contributed by atoms with van der Waals surface area (Å²) in [6, 6.07) is 3.35. The molecule has 0 aromatic heterocycles. The maximum Gasteiger partial charge on any atom is 0.133 e. The Bertz CT molecular complexity index is 326. The van der Waals surface area contributed by atoms with Crippen molar-refractivity contribution in [3.8, 4) is 5.75 Å². The SMILES string of the molecule is C[C@@H](O)CCc1cc(Cl)cc(Br)c1O. The van der Waals surface area contributed by atoms with Crippen LogP contribution in [-0.2, 0) is 6.42 Å². The van der Waals surface area contributed by atoms with Crippen LogP contribution < -0.4 is 0 Å².